The minimum absolute atomic E-state index is 0.0121. The SMILES string of the molecule is CCOC(=O)C(NC(=O)OCC1c2ccccc2-c2ccccc21)C(=O)NCC[C@H](O)C(=O)O. The third-order valence-corrected chi connectivity index (χ3v) is 5.39. The molecule has 0 aliphatic heterocycles. The fourth-order valence-electron chi connectivity index (χ4n) is 3.77. The van der Waals surface area contributed by atoms with Gasteiger partial charge in [-0.1, -0.05) is 48.5 Å². The van der Waals surface area contributed by atoms with E-state index in [1.807, 2.05) is 48.5 Å². The van der Waals surface area contributed by atoms with Crippen LogP contribution in [0.25, 0.3) is 11.1 Å². The number of carboxylic acid groups (broad SMARTS) is 1. The number of aliphatic carboxylic acids is 1. The van der Waals surface area contributed by atoms with Crippen molar-refractivity contribution in [2.24, 2.45) is 0 Å². The lowest BCUT2D eigenvalue weighted by molar-refractivity contribution is -0.150. The van der Waals surface area contributed by atoms with E-state index in [1.54, 1.807) is 6.92 Å². The summed E-state index contributed by atoms with van der Waals surface area (Å²) >= 11 is 0. The van der Waals surface area contributed by atoms with Gasteiger partial charge in [-0.15, -0.1) is 0 Å². The number of esters is 1. The van der Waals surface area contributed by atoms with Gasteiger partial charge >= 0.3 is 18.0 Å². The summed E-state index contributed by atoms with van der Waals surface area (Å²) in [5, 5.41) is 22.5. The van der Waals surface area contributed by atoms with Crippen LogP contribution < -0.4 is 10.6 Å². The minimum Gasteiger partial charge on any atom is -0.479 e. The minimum atomic E-state index is -1.70. The number of ether oxygens (including phenoxy) is 2. The van der Waals surface area contributed by atoms with Gasteiger partial charge in [-0.3, -0.25) is 10.1 Å². The average molecular weight is 470 g/mol. The molecular formula is C24H26N2O8. The Morgan fingerprint density at radius 3 is 2.12 bits per heavy atom. The van der Waals surface area contributed by atoms with Crippen LogP contribution in [0.15, 0.2) is 48.5 Å². The van der Waals surface area contributed by atoms with Gasteiger partial charge in [0, 0.05) is 18.9 Å². The molecule has 0 fully saturated rings. The standard InChI is InChI=1S/C24H26N2O8/c1-2-33-23(31)20(21(28)25-12-11-19(27)22(29)30)26-24(32)34-13-18-16-9-5-3-7-14(16)15-8-4-6-10-17(15)18/h3-10,18-20,27H,2,11-13H2,1H3,(H,25,28)(H,26,32)(H,29,30)/t19-,20?/m0/s1. The molecule has 1 aliphatic carbocycles. The van der Waals surface area contributed by atoms with Gasteiger partial charge in [0.25, 0.3) is 5.91 Å². The summed E-state index contributed by atoms with van der Waals surface area (Å²) in [7, 11) is 0. The molecule has 1 unspecified atom stereocenters. The van der Waals surface area contributed by atoms with Crippen molar-refractivity contribution < 1.29 is 38.9 Å². The highest BCUT2D eigenvalue weighted by Gasteiger charge is 2.32. The molecule has 34 heavy (non-hydrogen) atoms. The van der Waals surface area contributed by atoms with Crippen LogP contribution in [0.2, 0.25) is 0 Å². The summed E-state index contributed by atoms with van der Waals surface area (Å²) in [5.41, 5.74) is 4.13. The average Bonchev–Trinajstić information content (AvgIpc) is 3.14. The highest BCUT2D eigenvalue weighted by molar-refractivity contribution is 6.04. The van der Waals surface area contributed by atoms with Crippen molar-refractivity contribution in [1.29, 1.82) is 0 Å². The van der Waals surface area contributed by atoms with E-state index in [0.29, 0.717) is 0 Å². The predicted octanol–water partition coefficient (Wildman–Crippen LogP) is 1.41. The number of aliphatic hydroxyl groups is 1. The van der Waals surface area contributed by atoms with Gasteiger partial charge in [-0.25, -0.2) is 14.4 Å². The van der Waals surface area contributed by atoms with Gasteiger partial charge in [-0.05, 0) is 29.2 Å². The number of nitrogens with one attached hydrogen (secondary N) is 2. The number of fused-ring (bicyclic) bond motifs is 3. The van der Waals surface area contributed by atoms with Crippen LogP contribution >= 0.6 is 0 Å². The van der Waals surface area contributed by atoms with Gasteiger partial charge < -0.3 is 25.0 Å². The maximum Gasteiger partial charge on any atom is 0.408 e. The van der Waals surface area contributed by atoms with E-state index in [2.05, 4.69) is 10.6 Å². The lowest BCUT2D eigenvalue weighted by Gasteiger charge is -2.19. The van der Waals surface area contributed by atoms with E-state index in [0.717, 1.165) is 22.3 Å². The fourth-order valence-corrected chi connectivity index (χ4v) is 3.77. The molecule has 0 heterocycles. The summed E-state index contributed by atoms with van der Waals surface area (Å²) in [6, 6.07) is 13.9. The van der Waals surface area contributed by atoms with E-state index in [9.17, 15) is 24.3 Å². The molecule has 2 aromatic carbocycles. The van der Waals surface area contributed by atoms with Crippen LogP contribution in [0.1, 0.15) is 30.4 Å². The van der Waals surface area contributed by atoms with Crippen molar-refractivity contribution in [3.8, 4) is 11.1 Å². The molecule has 1 aliphatic rings. The van der Waals surface area contributed by atoms with Crippen molar-refractivity contribution in [1.82, 2.24) is 10.6 Å². The zero-order chi connectivity index (χ0) is 24.7. The summed E-state index contributed by atoms with van der Waals surface area (Å²) < 4.78 is 10.2. The van der Waals surface area contributed by atoms with Crippen molar-refractivity contribution in [3.05, 3.63) is 59.7 Å². The number of aliphatic hydroxyl groups excluding tert-OH is 1. The molecule has 0 saturated heterocycles. The smallest absolute Gasteiger partial charge is 0.408 e. The summed E-state index contributed by atoms with van der Waals surface area (Å²) in [4.78, 5) is 47.8. The van der Waals surface area contributed by atoms with Crippen LogP contribution in [0.4, 0.5) is 4.79 Å². The maximum atomic E-state index is 12.5. The first-order valence-corrected chi connectivity index (χ1v) is 10.8. The van der Waals surface area contributed by atoms with Gasteiger partial charge in [0.15, 0.2) is 6.10 Å². The summed E-state index contributed by atoms with van der Waals surface area (Å²) in [6.45, 7) is 1.28. The number of alkyl carbamates (subject to hydrolysis) is 1. The van der Waals surface area contributed by atoms with E-state index >= 15 is 0 Å². The number of hydrogen-bond acceptors (Lipinski definition) is 7. The first kappa shape index (κ1) is 24.7. The van der Waals surface area contributed by atoms with Crippen molar-refractivity contribution in [2.75, 3.05) is 19.8 Å². The van der Waals surface area contributed by atoms with Crippen molar-refractivity contribution in [2.45, 2.75) is 31.4 Å². The quantitative estimate of drug-likeness (QED) is 0.301. The molecule has 10 heteroatoms. The number of hydrogen-bond donors (Lipinski definition) is 4. The van der Waals surface area contributed by atoms with Crippen LogP contribution in [0.3, 0.4) is 0 Å². The molecule has 4 N–H and O–H groups in total. The molecule has 0 radical (unpaired) electrons. The number of carboxylic acids is 1. The van der Waals surface area contributed by atoms with Crippen LogP contribution in [-0.2, 0) is 23.9 Å². The third kappa shape index (κ3) is 5.70. The van der Waals surface area contributed by atoms with Crippen LogP contribution in [0.5, 0.6) is 0 Å². The molecule has 180 valence electrons. The third-order valence-electron chi connectivity index (χ3n) is 5.39. The number of amides is 2. The van der Waals surface area contributed by atoms with Crippen LogP contribution in [-0.4, -0.2) is 66.1 Å². The lowest BCUT2D eigenvalue weighted by atomic mass is 9.98. The normalized spacial score (nSPS) is 13.7. The van der Waals surface area contributed by atoms with Gasteiger partial charge in [0.1, 0.15) is 6.61 Å². The monoisotopic (exact) mass is 470 g/mol. The van der Waals surface area contributed by atoms with E-state index in [-0.39, 0.29) is 32.1 Å². The summed E-state index contributed by atoms with van der Waals surface area (Å²) in [5.74, 6) is -3.55. The second kappa shape index (κ2) is 11.3. The Labute approximate surface area is 195 Å². The Morgan fingerprint density at radius 2 is 1.56 bits per heavy atom. The molecule has 0 aromatic heterocycles. The molecule has 2 amide bonds. The highest BCUT2D eigenvalue weighted by atomic mass is 16.6. The van der Waals surface area contributed by atoms with Gasteiger partial charge in [0.2, 0.25) is 6.04 Å². The Balaban J connectivity index is 1.63. The van der Waals surface area contributed by atoms with Crippen LogP contribution in [0, 0.1) is 0 Å². The molecule has 0 saturated carbocycles. The van der Waals surface area contributed by atoms with Crippen molar-refractivity contribution in [3.63, 3.8) is 0 Å². The zero-order valence-electron chi connectivity index (χ0n) is 18.5. The number of rotatable bonds is 10. The largest absolute Gasteiger partial charge is 0.479 e. The molecule has 3 rings (SSSR count). The molecule has 2 atom stereocenters. The Morgan fingerprint density at radius 1 is 0.971 bits per heavy atom. The topological polar surface area (TPSA) is 151 Å². The number of carbonyl (C=O) groups is 4. The number of carbonyl (C=O) groups excluding carboxylic acids is 3. The number of benzene rings is 2. The highest BCUT2D eigenvalue weighted by Crippen LogP contribution is 2.44. The predicted molar refractivity (Wildman–Crippen MR) is 120 cm³/mol. The van der Waals surface area contributed by atoms with E-state index < -0.39 is 36.1 Å². The Kier molecular flexibility index (Phi) is 8.20. The van der Waals surface area contributed by atoms with Gasteiger partial charge in [0.05, 0.1) is 6.61 Å². The van der Waals surface area contributed by atoms with Gasteiger partial charge in [-0.2, -0.15) is 0 Å². The molecule has 0 bridgehead atoms. The van der Waals surface area contributed by atoms with E-state index in [4.69, 9.17) is 14.6 Å². The zero-order valence-corrected chi connectivity index (χ0v) is 18.5. The lowest BCUT2D eigenvalue weighted by Crippen LogP contribution is -2.52. The first-order valence-electron chi connectivity index (χ1n) is 10.8. The second-order valence-electron chi connectivity index (χ2n) is 7.59. The second-order valence-corrected chi connectivity index (χ2v) is 7.59. The first-order chi connectivity index (χ1) is 16.3. The molecule has 10 nitrogen and oxygen atoms in total. The molecule has 0 spiro atoms. The Hall–Kier alpha value is -3.92. The Bertz CT molecular complexity index is 1020. The fraction of sp³-hybridized carbons (Fsp3) is 0.333. The molecule has 2 aromatic rings. The maximum absolute atomic E-state index is 12.5. The van der Waals surface area contributed by atoms with E-state index in [1.165, 1.54) is 0 Å². The van der Waals surface area contributed by atoms with Crippen molar-refractivity contribution >= 4 is 23.9 Å². The summed E-state index contributed by atoms with van der Waals surface area (Å²) in [6.07, 6.45) is -2.93. The molecular weight excluding hydrogens is 444 g/mol.